The molecule has 1 atom stereocenters. The van der Waals surface area contributed by atoms with E-state index in [9.17, 15) is 8.78 Å². The van der Waals surface area contributed by atoms with Crippen LogP contribution in [0.3, 0.4) is 0 Å². The lowest BCUT2D eigenvalue weighted by atomic mass is 10.3. The second-order valence-electron chi connectivity index (χ2n) is 5.98. The van der Waals surface area contributed by atoms with E-state index in [1.807, 2.05) is 61.5 Å². The third-order valence-corrected chi connectivity index (χ3v) is 4.03. The van der Waals surface area contributed by atoms with Gasteiger partial charge in [-0.25, -0.2) is 13.5 Å². The van der Waals surface area contributed by atoms with Crippen LogP contribution in [-0.4, -0.2) is 58.1 Å². The molecular weight excluding hydrogens is 439 g/mol. The van der Waals surface area contributed by atoms with Gasteiger partial charge in [0.25, 0.3) is 6.43 Å². The Hall–Kier alpha value is -1.71. The van der Waals surface area contributed by atoms with Crippen molar-refractivity contribution >= 4 is 29.9 Å². The predicted octanol–water partition coefficient (Wildman–Crippen LogP) is 3.25. The summed E-state index contributed by atoms with van der Waals surface area (Å²) in [5, 5.41) is 4.55. The molecule has 3 rings (SSSR count). The molecule has 0 bridgehead atoms. The molecular formula is C17H22F2IN5. The lowest BCUT2D eigenvalue weighted by Crippen LogP contribution is -2.45. The van der Waals surface area contributed by atoms with Gasteiger partial charge in [-0.15, -0.1) is 24.0 Å². The Morgan fingerprint density at radius 3 is 2.64 bits per heavy atom. The second kappa shape index (κ2) is 8.59. The van der Waals surface area contributed by atoms with Gasteiger partial charge < -0.3 is 9.80 Å². The average molecular weight is 461 g/mol. The molecule has 0 spiro atoms. The largest absolute Gasteiger partial charge is 0.340 e. The van der Waals surface area contributed by atoms with Crippen molar-refractivity contribution in [1.29, 1.82) is 0 Å². The van der Waals surface area contributed by atoms with Crippen LogP contribution >= 0.6 is 24.0 Å². The second-order valence-corrected chi connectivity index (χ2v) is 5.98. The molecule has 0 saturated heterocycles. The number of nitrogens with zero attached hydrogens (tertiary/aromatic N) is 5. The van der Waals surface area contributed by atoms with Crippen molar-refractivity contribution < 1.29 is 8.78 Å². The highest BCUT2D eigenvalue weighted by Gasteiger charge is 2.29. The molecule has 0 aliphatic carbocycles. The molecule has 136 valence electrons. The summed E-state index contributed by atoms with van der Waals surface area (Å²) in [6.45, 7) is 2.69. The highest BCUT2D eigenvalue weighted by atomic mass is 127. The van der Waals surface area contributed by atoms with Crippen molar-refractivity contribution in [3.63, 3.8) is 0 Å². The van der Waals surface area contributed by atoms with Gasteiger partial charge in [0.1, 0.15) is 0 Å². The van der Waals surface area contributed by atoms with Crippen molar-refractivity contribution in [1.82, 2.24) is 19.6 Å². The number of halogens is 3. The Balaban J connectivity index is 0.00000225. The topological polar surface area (TPSA) is 36.7 Å². The molecule has 1 aromatic carbocycles. The van der Waals surface area contributed by atoms with Crippen LogP contribution in [0, 0.1) is 0 Å². The summed E-state index contributed by atoms with van der Waals surface area (Å²) in [6, 6.07) is 11.8. The summed E-state index contributed by atoms with van der Waals surface area (Å²) in [5.74, 6) is 0.608. The van der Waals surface area contributed by atoms with Crippen molar-refractivity contribution in [3.8, 4) is 5.69 Å². The highest BCUT2D eigenvalue weighted by Crippen LogP contribution is 2.16. The number of rotatable bonds is 5. The fourth-order valence-corrected chi connectivity index (χ4v) is 2.83. The Morgan fingerprint density at radius 2 is 1.96 bits per heavy atom. The van der Waals surface area contributed by atoms with E-state index >= 15 is 0 Å². The summed E-state index contributed by atoms with van der Waals surface area (Å²) in [5.41, 5.74) is 1.85. The number of aliphatic imine (C=N–C) groups is 1. The molecule has 1 aliphatic heterocycles. The van der Waals surface area contributed by atoms with Crippen molar-refractivity contribution in [2.45, 2.75) is 25.9 Å². The van der Waals surface area contributed by atoms with E-state index in [1.54, 1.807) is 9.58 Å². The van der Waals surface area contributed by atoms with Gasteiger partial charge in [0.15, 0.2) is 5.96 Å². The molecule has 25 heavy (non-hydrogen) atoms. The van der Waals surface area contributed by atoms with Gasteiger partial charge in [-0.2, -0.15) is 5.10 Å². The van der Waals surface area contributed by atoms with Gasteiger partial charge in [-0.1, -0.05) is 18.2 Å². The van der Waals surface area contributed by atoms with Gasteiger partial charge in [0, 0.05) is 19.3 Å². The third kappa shape index (κ3) is 4.68. The van der Waals surface area contributed by atoms with E-state index < -0.39 is 6.43 Å². The number of alkyl halides is 2. The van der Waals surface area contributed by atoms with Gasteiger partial charge in [0.2, 0.25) is 0 Å². The van der Waals surface area contributed by atoms with Crippen LogP contribution in [0.2, 0.25) is 0 Å². The Labute approximate surface area is 163 Å². The number of benzene rings is 1. The number of para-hydroxylation sites is 1. The van der Waals surface area contributed by atoms with Crippen molar-refractivity contribution in [3.05, 3.63) is 48.3 Å². The van der Waals surface area contributed by atoms with Gasteiger partial charge in [-0.3, -0.25) is 4.99 Å². The normalized spacial score (nSPS) is 16.8. The fraction of sp³-hybridized carbons (Fsp3) is 0.412. The molecule has 2 aromatic rings. The molecule has 0 saturated carbocycles. The van der Waals surface area contributed by atoms with Crippen LogP contribution in [-0.2, 0) is 6.54 Å². The number of hydrogen-bond donors (Lipinski definition) is 0. The first-order valence-corrected chi connectivity index (χ1v) is 7.95. The zero-order valence-corrected chi connectivity index (χ0v) is 16.5. The van der Waals surface area contributed by atoms with Crippen LogP contribution in [0.4, 0.5) is 8.78 Å². The van der Waals surface area contributed by atoms with Crippen molar-refractivity contribution in [2.24, 2.45) is 4.99 Å². The molecule has 1 aliphatic rings. The SMILES string of the molecule is C[C@H]1CN=C(N(C)Cc2ccn(-c3ccccc3)n2)N1CC(F)F.I. The van der Waals surface area contributed by atoms with Gasteiger partial charge >= 0.3 is 0 Å². The Kier molecular flexibility index (Phi) is 6.74. The van der Waals surface area contributed by atoms with E-state index in [2.05, 4.69) is 10.1 Å². The molecule has 5 nitrogen and oxygen atoms in total. The summed E-state index contributed by atoms with van der Waals surface area (Å²) in [6.07, 6.45) is -0.476. The fourth-order valence-electron chi connectivity index (χ4n) is 2.83. The predicted molar refractivity (Wildman–Crippen MR) is 105 cm³/mol. The smallest absolute Gasteiger partial charge is 0.255 e. The van der Waals surface area contributed by atoms with Gasteiger partial charge in [0.05, 0.1) is 31.0 Å². The number of hydrogen-bond acceptors (Lipinski definition) is 4. The summed E-state index contributed by atoms with van der Waals surface area (Å²) >= 11 is 0. The molecule has 1 aromatic heterocycles. The molecule has 0 N–H and O–H groups in total. The minimum Gasteiger partial charge on any atom is -0.340 e. The maximum absolute atomic E-state index is 12.8. The molecule has 0 radical (unpaired) electrons. The summed E-state index contributed by atoms with van der Waals surface area (Å²) in [4.78, 5) is 7.96. The lowest BCUT2D eigenvalue weighted by molar-refractivity contribution is 0.104. The summed E-state index contributed by atoms with van der Waals surface area (Å²) < 4.78 is 27.4. The monoisotopic (exact) mass is 461 g/mol. The van der Waals surface area contributed by atoms with Crippen molar-refractivity contribution in [2.75, 3.05) is 20.1 Å². The third-order valence-electron chi connectivity index (χ3n) is 4.03. The number of aromatic nitrogens is 2. The van der Waals surface area contributed by atoms with Gasteiger partial charge in [-0.05, 0) is 25.1 Å². The molecule has 0 amide bonds. The maximum Gasteiger partial charge on any atom is 0.255 e. The first kappa shape index (κ1) is 19.6. The standard InChI is InChI=1S/C17H21F2N5.HI/c1-13-10-20-17(23(13)12-16(18)19)22(2)11-14-8-9-24(21-14)15-6-4-3-5-7-15;/h3-9,13,16H,10-12H2,1-2H3;1H/t13-;/m0./s1. The molecule has 2 heterocycles. The van der Waals surface area contributed by atoms with E-state index in [-0.39, 0.29) is 36.6 Å². The van der Waals surface area contributed by atoms with E-state index in [0.29, 0.717) is 19.0 Å². The first-order valence-electron chi connectivity index (χ1n) is 7.95. The van der Waals surface area contributed by atoms with Crippen LogP contribution in [0.15, 0.2) is 47.6 Å². The van der Waals surface area contributed by atoms with Crippen LogP contribution in [0.25, 0.3) is 5.69 Å². The van der Waals surface area contributed by atoms with E-state index in [0.717, 1.165) is 11.4 Å². The zero-order chi connectivity index (χ0) is 17.1. The van der Waals surface area contributed by atoms with Crippen LogP contribution < -0.4 is 0 Å². The molecule has 0 fully saturated rings. The molecule has 8 heteroatoms. The van der Waals surface area contributed by atoms with E-state index in [1.165, 1.54) is 0 Å². The Morgan fingerprint density at radius 1 is 1.24 bits per heavy atom. The first-order chi connectivity index (χ1) is 11.5. The highest BCUT2D eigenvalue weighted by molar-refractivity contribution is 14.0. The zero-order valence-electron chi connectivity index (χ0n) is 14.2. The van der Waals surface area contributed by atoms with Crippen LogP contribution in [0.5, 0.6) is 0 Å². The Bertz CT molecular complexity index is 704. The summed E-state index contributed by atoms with van der Waals surface area (Å²) in [7, 11) is 1.86. The van der Waals surface area contributed by atoms with Crippen LogP contribution in [0.1, 0.15) is 12.6 Å². The number of guanidine groups is 1. The quantitative estimate of drug-likeness (QED) is 0.642. The lowest BCUT2D eigenvalue weighted by Gasteiger charge is -2.30. The molecule has 0 unspecified atom stereocenters. The van der Waals surface area contributed by atoms with E-state index in [4.69, 9.17) is 0 Å². The maximum atomic E-state index is 12.8. The average Bonchev–Trinajstić information content (AvgIpc) is 3.16. The minimum atomic E-state index is -2.37. The minimum absolute atomic E-state index is 0.